The third-order valence-corrected chi connectivity index (χ3v) is 6.05. The third kappa shape index (κ3) is 7.05. The molecular weight excluding hydrogens is 280 g/mol. The van der Waals surface area contributed by atoms with Crippen molar-refractivity contribution in [2.24, 2.45) is 11.7 Å². The topological polar surface area (TPSA) is 55.1 Å². The van der Waals surface area contributed by atoms with Crippen LogP contribution in [0.2, 0.25) is 0 Å². The largest absolute Gasteiger partial charge is 0.368 e. The number of primary amides is 1. The molecular formula is C17H34N2OS. The van der Waals surface area contributed by atoms with Crippen molar-refractivity contribution in [2.45, 2.75) is 82.9 Å². The quantitative estimate of drug-likeness (QED) is 0.604. The van der Waals surface area contributed by atoms with Crippen LogP contribution < -0.4 is 11.1 Å². The second-order valence-electron chi connectivity index (χ2n) is 6.84. The monoisotopic (exact) mass is 314 g/mol. The fourth-order valence-electron chi connectivity index (χ4n) is 3.06. The van der Waals surface area contributed by atoms with Gasteiger partial charge in [0.25, 0.3) is 0 Å². The van der Waals surface area contributed by atoms with Crippen LogP contribution in [0.25, 0.3) is 0 Å². The number of hydrogen-bond acceptors (Lipinski definition) is 3. The van der Waals surface area contributed by atoms with E-state index in [1.165, 1.54) is 37.9 Å². The Hall–Kier alpha value is -0.220. The molecule has 0 spiro atoms. The minimum atomic E-state index is -0.528. The standard InChI is InChI=1S/C17H34N2OS/c1-4-11-19-17(3,16(18)20)10-5-6-12-21-15-9-7-8-14(2)13-15/h14-15,19H,4-13H2,1-3H3,(H2,18,20). The SMILES string of the molecule is CCCNC(C)(CCCCSC1CCCC(C)C1)C(N)=O. The molecule has 1 saturated carbocycles. The van der Waals surface area contributed by atoms with Crippen LogP contribution in [-0.4, -0.2) is 29.0 Å². The maximum Gasteiger partial charge on any atom is 0.237 e. The molecule has 1 rings (SSSR count). The number of hydrogen-bond donors (Lipinski definition) is 2. The van der Waals surface area contributed by atoms with Crippen molar-refractivity contribution in [3.05, 3.63) is 0 Å². The lowest BCUT2D eigenvalue weighted by Crippen LogP contribution is -2.53. The van der Waals surface area contributed by atoms with Crippen molar-refractivity contribution < 1.29 is 4.79 Å². The first-order chi connectivity index (χ1) is 9.98. The van der Waals surface area contributed by atoms with E-state index in [9.17, 15) is 4.79 Å². The lowest BCUT2D eigenvalue weighted by atomic mass is 9.91. The average Bonchev–Trinajstić information content (AvgIpc) is 2.44. The normalized spacial score (nSPS) is 25.5. The third-order valence-electron chi connectivity index (χ3n) is 4.62. The molecule has 0 heterocycles. The Bertz CT molecular complexity index is 311. The first-order valence-corrected chi connectivity index (χ1v) is 9.69. The molecule has 3 nitrogen and oxygen atoms in total. The van der Waals surface area contributed by atoms with Crippen molar-refractivity contribution in [1.29, 1.82) is 0 Å². The fraction of sp³-hybridized carbons (Fsp3) is 0.941. The number of amides is 1. The van der Waals surface area contributed by atoms with E-state index < -0.39 is 5.54 Å². The Morgan fingerprint density at radius 1 is 1.38 bits per heavy atom. The van der Waals surface area contributed by atoms with E-state index in [2.05, 4.69) is 30.9 Å². The van der Waals surface area contributed by atoms with Crippen molar-refractivity contribution in [1.82, 2.24) is 5.32 Å². The molecule has 0 aliphatic heterocycles. The van der Waals surface area contributed by atoms with Crippen LogP contribution in [0.1, 0.15) is 72.1 Å². The summed E-state index contributed by atoms with van der Waals surface area (Å²) in [4.78, 5) is 11.6. The van der Waals surface area contributed by atoms with Gasteiger partial charge in [0.1, 0.15) is 0 Å². The summed E-state index contributed by atoms with van der Waals surface area (Å²) in [6.45, 7) is 7.29. The summed E-state index contributed by atoms with van der Waals surface area (Å²) in [5.41, 5.74) is 5.02. The molecule has 1 fully saturated rings. The fourth-order valence-corrected chi connectivity index (χ4v) is 4.56. The van der Waals surface area contributed by atoms with Gasteiger partial charge in [0, 0.05) is 5.25 Å². The van der Waals surface area contributed by atoms with Gasteiger partial charge in [-0.1, -0.05) is 33.1 Å². The summed E-state index contributed by atoms with van der Waals surface area (Å²) in [6.07, 6.45) is 9.74. The predicted molar refractivity (Wildman–Crippen MR) is 93.6 cm³/mol. The number of nitrogens with one attached hydrogen (secondary N) is 1. The number of carbonyl (C=O) groups excluding carboxylic acids is 1. The molecule has 1 aliphatic carbocycles. The molecule has 0 radical (unpaired) electrons. The van der Waals surface area contributed by atoms with Gasteiger partial charge in [0.15, 0.2) is 0 Å². The van der Waals surface area contributed by atoms with Gasteiger partial charge in [-0.15, -0.1) is 0 Å². The van der Waals surface area contributed by atoms with Gasteiger partial charge in [-0.2, -0.15) is 11.8 Å². The van der Waals surface area contributed by atoms with Crippen molar-refractivity contribution in [3.8, 4) is 0 Å². The molecule has 0 aromatic heterocycles. The van der Waals surface area contributed by atoms with Crippen LogP contribution in [0.5, 0.6) is 0 Å². The highest BCUT2D eigenvalue weighted by Gasteiger charge is 2.29. The van der Waals surface area contributed by atoms with E-state index in [1.54, 1.807) is 0 Å². The Morgan fingerprint density at radius 2 is 2.14 bits per heavy atom. The van der Waals surface area contributed by atoms with Gasteiger partial charge in [-0.3, -0.25) is 4.79 Å². The zero-order valence-electron chi connectivity index (χ0n) is 14.1. The smallest absolute Gasteiger partial charge is 0.237 e. The highest BCUT2D eigenvalue weighted by molar-refractivity contribution is 7.99. The minimum absolute atomic E-state index is 0.218. The van der Waals surface area contributed by atoms with E-state index in [1.807, 2.05) is 6.92 Å². The Labute approximate surface area is 135 Å². The number of nitrogens with two attached hydrogens (primary N) is 1. The lowest BCUT2D eigenvalue weighted by Gasteiger charge is -2.28. The second-order valence-corrected chi connectivity index (χ2v) is 8.25. The molecule has 21 heavy (non-hydrogen) atoms. The Kier molecular flexibility index (Phi) is 8.72. The maximum absolute atomic E-state index is 11.6. The van der Waals surface area contributed by atoms with Crippen molar-refractivity contribution in [2.75, 3.05) is 12.3 Å². The van der Waals surface area contributed by atoms with Gasteiger partial charge >= 0.3 is 0 Å². The number of unbranched alkanes of at least 4 members (excludes halogenated alkanes) is 1. The molecule has 0 bridgehead atoms. The molecule has 1 amide bonds. The molecule has 0 aromatic carbocycles. The van der Waals surface area contributed by atoms with Crippen LogP contribution in [0.3, 0.4) is 0 Å². The molecule has 3 atom stereocenters. The maximum atomic E-state index is 11.6. The van der Waals surface area contributed by atoms with Crippen molar-refractivity contribution in [3.63, 3.8) is 0 Å². The van der Waals surface area contributed by atoms with Crippen LogP contribution >= 0.6 is 11.8 Å². The Morgan fingerprint density at radius 3 is 2.76 bits per heavy atom. The first-order valence-electron chi connectivity index (χ1n) is 8.64. The summed E-state index contributed by atoms with van der Waals surface area (Å²) in [7, 11) is 0. The summed E-state index contributed by atoms with van der Waals surface area (Å²) < 4.78 is 0. The van der Waals surface area contributed by atoms with E-state index in [0.29, 0.717) is 0 Å². The molecule has 3 N–H and O–H groups in total. The second kappa shape index (κ2) is 9.73. The van der Waals surface area contributed by atoms with E-state index in [-0.39, 0.29) is 5.91 Å². The summed E-state index contributed by atoms with van der Waals surface area (Å²) in [6, 6.07) is 0. The van der Waals surface area contributed by atoms with Gasteiger partial charge < -0.3 is 11.1 Å². The van der Waals surface area contributed by atoms with Gasteiger partial charge in [0.05, 0.1) is 5.54 Å². The highest BCUT2D eigenvalue weighted by atomic mass is 32.2. The van der Waals surface area contributed by atoms with E-state index in [4.69, 9.17) is 5.73 Å². The van der Waals surface area contributed by atoms with Crippen LogP contribution in [-0.2, 0) is 4.79 Å². The van der Waals surface area contributed by atoms with Crippen LogP contribution in [0.15, 0.2) is 0 Å². The first kappa shape index (κ1) is 18.8. The number of carbonyl (C=O) groups is 1. The van der Waals surface area contributed by atoms with E-state index >= 15 is 0 Å². The minimum Gasteiger partial charge on any atom is -0.368 e. The van der Waals surface area contributed by atoms with E-state index in [0.717, 1.165) is 37.0 Å². The summed E-state index contributed by atoms with van der Waals surface area (Å²) >= 11 is 2.14. The molecule has 0 aromatic rings. The summed E-state index contributed by atoms with van der Waals surface area (Å²) in [5, 5.41) is 4.18. The summed E-state index contributed by atoms with van der Waals surface area (Å²) in [5.74, 6) is 1.91. The molecule has 3 unspecified atom stereocenters. The molecule has 124 valence electrons. The average molecular weight is 315 g/mol. The molecule has 1 aliphatic rings. The van der Waals surface area contributed by atoms with Gasteiger partial charge in [-0.05, 0) is 57.2 Å². The van der Waals surface area contributed by atoms with Crippen LogP contribution in [0, 0.1) is 5.92 Å². The van der Waals surface area contributed by atoms with Crippen LogP contribution in [0.4, 0.5) is 0 Å². The zero-order valence-corrected chi connectivity index (χ0v) is 14.9. The van der Waals surface area contributed by atoms with Crippen molar-refractivity contribution >= 4 is 17.7 Å². The Balaban J connectivity index is 2.17. The van der Waals surface area contributed by atoms with Gasteiger partial charge in [0.2, 0.25) is 5.91 Å². The predicted octanol–water partition coefficient (Wildman–Crippen LogP) is 3.71. The number of thioether (sulfide) groups is 1. The zero-order chi connectivity index (χ0) is 15.7. The molecule has 4 heteroatoms. The van der Waals surface area contributed by atoms with Gasteiger partial charge in [-0.25, -0.2) is 0 Å². The lowest BCUT2D eigenvalue weighted by molar-refractivity contribution is -0.124. The highest BCUT2D eigenvalue weighted by Crippen LogP contribution is 2.32. The number of rotatable bonds is 10. The molecule has 0 saturated heterocycles.